The van der Waals surface area contributed by atoms with Gasteiger partial charge in [0.05, 0.1) is 27.5 Å². The Bertz CT molecular complexity index is 1640. The molecule has 0 saturated carbocycles. The first-order valence-electron chi connectivity index (χ1n) is 11.4. The summed E-state index contributed by atoms with van der Waals surface area (Å²) in [7, 11) is 1.16. The van der Waals surface area contributed by atoms with Crippen LogP contribution in [-0.2, 0) is 5.67 Å². The van der Waals surface area contributed by atoms with E-state index in [1.165, 1.54) is 0 Å². The molecule has 2 amide bonds. The first kappa shape index (κ1) is 34.5. The molecule has 3 aromatic carbocycles. The maximum atomic E-state index is 14.6. The number of ether oxygens (including phenoxy) is 1. The summed E-state index contributed by atoms with van der Waals surface area (Å²) in [5, 5.41) is 11.2. The molecule has 0 unspecified atom stereocenters. The van der Waals surface area contributed by atoms with Crippen LogP contribution < -0.4 is 15.0 Å². The molecule has 234 valence electrons. The lowest BCUT2D eigenvalue weighted by atomic mass is 9.93. The predicted molar refractivity (Wildman–Crippen MR) is 139 cm³/mol. The highest BCUT2D eigenvalue weighted by Crippen LogP contribution is 2.55. The van der Waals surface area contributed by atoms with E-state index in [9.17, 15) is 58.8 Å². The van der Waals surface area contributed by atoms with E-state index in [0.29, 0.717) is 0 Å². The Hall–Kier alpha value is -4.04. The van der Waals surface area contributed by atoms with Crippen LogP contribution in [-0.4, -0.2) is 37.8 Å². The molecule has 3 rings (SSSR count). The van der Waals surface area contributed by atoms with E-state index in [0.717, 1.165) is 48.3 Å². The molecule has 0 aliphatic heterocycles. The molecule has 3 aromatic rings. The van der Waals surface area contributed by atoms with Crippen molar-refractivity contribution < 1.29 is 58.2 Å². The molecule has 0 aliphatic rings. The number of alkyl halides is 9. The van der Waals surface area contributed by atoms with Crippen LogP contribution in [0.5, 0.6) is 5.75 Å². The molecular formula is C26H13BrClF10N3O3. The Labute approximate surface area is 253 Å². The van der Waals surface area contributed by atoms with Crippen molar-refractivity contribution in [2.45, 2.75) is 24.6 Å². The lowest BCUT2D eigenvalue weighted by molar-refractivity contribution is -0.348. The number of carbonyl (C=O) groups excluding carboxylic acids is 2. The normalized spacial score (nSPS) is 12.1. The van der Waals surface area contributed by atoms with Gasteiger partial charge in [0.25, 0.3) is 11.8 Å². The summed E-state index contributed by atoms with van der Waals surface area (Å²) in [6, 6.07) is 7.28. The molecule has 6 nitrogen and oxygen atoms in total. The lowest BCUT2D eigenvalue weighted by Crippen LogP contribution is -2.50. The van der Waals surface area contributed by atoms with Gasteiger partial charge in [0.2, 0.25) is 0 Å². The molecule has 0 heterocycles. The number of hydrogen-bond donors (Lipinski definition) is 1. The standard InChI is InChI=1S/C26H13BrClF10N3O3/c1-41(22(43)15-5-4-14(29)9-17(15)28)18-6-11(2-3-12(18)10-39)21(42)40-20-16(27)7-13(8-19(20)44-23(30)31)24(32,25(33,34)35)26(36,37)38/h2-9,23H,1H3,(H,40,42). The van der Waals surface area contributed by atoms with Gasteiger partial charge in [-0.25, -0.2) is 8.78 Å². The Morgan fingerprint density at radius 1 is 1.00 bits per heavy atom. The van der Waals surface area contributed by atoms with Crippen LogP contribution in [0.4, 0.5) is 55.3 Å². The largest absolute Gasteiger partial charge is 0.435 e. The molecule has 0 aliphatic carbocycles. The van der Waals surface area contributed by atoms with Crippen LogP contribution >= 0.6 is 27.5 Å². The highest BCUT2D eigenvalue weighted by molar-refractivity contribution is 9.10. The maximum absolute atomic E-state index is 14.6. The highest BCUT2D eigenvalue weighted by Gasteiger charge is 2.73. The monoisotopic (exact) mass is 719 g/mol. The van der Waals surface area contributed by atoms with E-state index in [1.54, 1.807) is 6.07 Å². The number of halogens is 12. The number of benzene rings is 3. The van der Waals surface area contributed by atoms with Gasteiger partial charge in [-0.15, -0.1) is 0 Å². The second kappa shape index (κ2) is 12.5. The third-order valence-electron chi connectivity index (χ3n) is 5.90. The Morgan fingerprint density at radius 2 is 1.61 bits per heavy atom. The Morgan fingerprint density at radius 3 is 2.14 bits per heavy atom. The molecule has 0 atom stereocenters. The number of nitrogens with one attached hydrogen (secondary N) is 1. The lowest BCUT2D eigenvalue weighted by Gasteiger charge is -2.31. The number of carbonyl (C=O) groups is 2. The molecular weight excluding hydrogens is 708 g/mol. The topological polar surface area (TPSA) is 82.4 Å². The van der Waals surface area contributed by atoms with E-state index >= 15 is 0 Å². The summed E-state index contributed by atoms with van der Waals surface area (Å²) < 4.78 is 137. The van der Waals surface area contributed by atoms with Crippen LogP contribution in [0, 0.1) is 17.1 Å². The fourth-order valence-electron chi connectivity index (χ4n) is 3.76. The average molecular weight is 721 g/mol. The van der Waals surface area contributed by atoms with E-state index in [2.05, 4.69) is 20.7 Å². The summed E-state index contributed by atoms with van der Waals surface area (Å²) in [5.74, 6) is -4.34. The summed E-state index contributed by atoms with van der Waals surface area (Å²) in [6.45, 7) is -3.85. The molecule has 0 spiro atoms. The molecule has 0 saturated heterocycles. The zero-order valence-corrected chi connectivity index (χ0v) is 23.7. The highest BCUT2D eigenvalue weighted by atomic mass is 79.9. The molecule has 1 N–H and O–H groups in total. The van der Waals surface area contributed by atoms with Gasteiger partial charge < -0.3 is 15.0 Å². The summed E-state index contributed by atoms with van der Waals surface area (Å²) in [4.78, 5) is 26.9. The smallest absolute Gasteiger partial charge is 0.433 e. The van der Waals surface area contributed by atoms with Crippen LogP contribution in [0.25, 0.3) is 0 Å². The number of nitriles is 1. The first-order chi connectivity index (χ1) is 20.2. The zero-order valence-electron chi connectivity index (χ0n) is 21.4. The van der Waals surface area contributed by atoms with Crippen molar-refractivity contribution in [1.29, 1.82) is 5.26 Å². The molecule has 44 heavy (non-hydrogen) atoms. The number of hydrogen-bond acceptors (Lipinski definition) is 4. The van der Waals surface area contributed by atoms with Gasteiger partial charge in [0, 0.05) is 22.6 Å². The third-order valence-corrected chi connectivity index (χ3v) is 6.83. The van der Waals surface area contributed by atoms with Crippen LogP contribution in [0.15, 0.2) is 53.0 Å². The number of anilines is 2. The van der Waals surface area contributed by atoms with Gasteiger partial charge in [-0.2, -0.15) is 40.4 Å². The fraction of sp³-hybridized carbons (Fsp3) is 0.192. The van der Waals surface area contributed by atoms with E-state index in [-0.39, 0.29) is 34.0 Å². The van der Waals surface area contributed by atoms with Crippen molar-refractivity contribution in [3.05, 3.63) is 86.1 Å². The fourth-order valence-corrected chi connectivity index (χ4v) is 4.55. The summed E-state index contributed by atoms with van der Waals surface area (Å²) in [6.07, 6.45) is -13.2. The quantitative estimate of drug-likeness (QED) is 0.248. The molecule has 0 aromatic heterocycles. The van der Waals surface area contributed by atoms with E-state index in [1.807, 2.05) is 5.32 Å². The molecule has 18 heteroatoms. The first-order valence-corrected chi connectivity index (χ1v) is 12.6. The van der Waals surface area contributed by atoms with Crippen molar-refractivity contribution in [2.24, 2.45) is 0 Å². The van der Waals surface area contributed by atoms with Crippen molar-refractivity contribution >= 4 is 50.7 Å². The van der Waals surface area contributed by atoms with Crippen LogP contribution in [0.3, 0.4) is 0 Å². The Balaban J connectivity index is 2.07. The third kappa shape index (κ3) is 6.70. The van der Waals surface area contributed by atoms with Gasteiger partial charge in [-0.1, -0.05) is 11.6 Å². The molecule has 0 bridgehead atoms. The van der Waals surface area contributed by atoms with Gasteiger partial charge >= 0.3 is 24.6 Å². The van der Waals surface area contributed by atoms with E-state index in [4.69, 9.17) is 11.6 Å². The van der Waals surface area contributed by atoms with Crippen molar-refractivity contribution in [3.63, 3.8) is 0 Å². The average Bonchev–Trinajstić information content (AvgIpc) is 2.91. The van der Waals surface area contributed by atoms with Gasteiger partial charge in [-0.05, 0) is 64.5 Å². The van der Waals surface area contributed by atoms with Gasteiger partial charge in [0.1, 0.15) is 11.9 Å². The number of nitrogens with zero attached hydrogens (tertiary/aromatic N) is 2. The Kier molecular flexibility index (Phi) is 9.80. The van der Waals surface area contributed by atoms with Crippen molar-refractivity contribution in [3.8, 4) is 11.8 Å². The number of rotatable bonds is 7. The van der Waals surface area contributed by atoms with Crippen molar-refractivity contribution in [1.82, 2.24) is 0 Å². The molecule has 0 fully saturated rings. The SMILES string of the molecule is CN(C(=O)c1ccc(F)cc1Cl)c1cc(C(=O)Nc2c(Br)cc(C(F)(C(F)(F)F)C(F)(F)F)cc2OC(F)F)ccc1C#N. The minimum Gasteiger partial charge on any atom is -0.433 e. The zero-order chi connectivity index (χ0) is 33.4. The second-order valence-electron chi connectivity index (χ2n) is 8.65. The van der Waals surface area contributed by atoms with Gasteiger partial charge in [-0.3, -0.25) is 9.59 Å². The van der Waals surface area contributed by atoms with Gasteiger partial charge in [0.15, 0.2) is 5.75 Å². The summed E-state index contributed by atoms with van der Waals surface area (Å²) >= 11 is 8.48. The molecule has 0 radical (unpaired) electrons. The van der Waals surface area contributed by atoms with E-state index < -0.39 is 69.3 Å². The minimum absolute atomic E-state index is 0.0298. The minimum atomic E-state index is -6.59. The summed E-state index contributed by atoms with van der Waals surface area (Å²) in [5.41, 5.74) is -10.1. The van der Waals surface area contributed by atoms with Crippen molar-refractivity contribution in [2.75, 3.05) is 17.3 Å². The number of amides is 2. The predicted octanol–water partition coefficient (Wildman–Crippen LogP) is 8.53. The second-order valence-corrected chi connectivity index (χ2v) is 9.91. The maximum Gasteiger partial charge on any atom is 0.435 e. The van der Waals surface area contributed by atoms with Crippen LogP contribution in [0.1, 0.15) is 31.8 Å². The van der Waals surface area contributed by atoms with Crippen LogP contribution in [0.2, 0.25) is 5.02 Å².